The van der Waals surface area contributed by atoms with Crippen LogP contribution in [0.2, 0.25) is 0 Å². The molecule has 0 unspecified atom stereocenters. The minimum Gasteiger partial charge on any atom is -0.465 e. The average Bonchev–Trinajstić information content (AvgIpc) is 2.81. The van der Waals surface area contributed by atoms with Gasteiger partial charge in [0.15, 0.2) is 0 Å². The average molecular weight is 437 g/mol. The number of hydrogen-bond donors (Lipinski definition) is 2. The Morgan fingerprint density at radius 3 is 2.03 bits per heavy atom. The standard InChI is InChI=1S/C26H26F2N2O2/c27-21-10-6-19(7-11-21)25(20-8-12-22(28)13-9-20)23-16-29-15-14-24(23)30(26(31)32)17-18-4-2-1-3-5-18/h1-13,23-25,29H,14-17H2,(H,31,32)/t23-,24+/m1/s1. The number of halogens is 2. The van der Waals surface area contributed by atoms with Crippen molar-refractivity contribution in [3.05, 3.63) is 107 Å². The maximum Gasteiger partial charge on any atom is 0.407 e. The van der Waals surface area contributed by atoms with Gasteiger partial charge >= 0.3 is 6.09 Å². The lowest BCUT2D eigenvalue weighted by atomic mass is 9.74. The molecular weight excluding hydrogens is 410 g/mol. The first-order valence-electron chi connectivity index (χ1n) is 10.8. The van der Waals surface area contributed by atoms with E-state index < -0.39 is 6.09 Å². The molecule has 3 aromatic rings. The van der Waals surface area contributed by atoms with Gasteiger partial charge in [-0.15, -0.1) is 0 Å². The van der Waals surface area contributed by atoms with Crippen LogP contribution in [0.15, 0.2) is 78.9 Å². The number of carboxylic acid groups (broad SMARTS) is 1. The molecule has 32 heavy (non-hydrogen) atoms. The van der Waals surface area contributed by atoms with Crippen molar-refractivity contribution >= 4 is 6.09 Å². The van der Waals surface area contributed by atoms with Crippen LogP contribution in [-0.4, -0.2) is 35.2 Å². The highest BCUT2D eigenvalue weighted by Gasteiger charge is 2.39. The lowest BCUT2D eigenvalue weighted by Crippen LogP contribution is -2.53. The van der Waals surface area contributed by atoms with Gasteiger partial charge in [-0.1, -0.05) is 54.6 Å². The number of rotatable bonds is 6. The molecule has 0 aliphatic carbocycles. The summed E-state index contributed by atoms with van der Waals surface area (Å²) in [5.74, 6) is -0.992. The Labute approximate surface area is 186 Å². The number of nitrogens with one attached hydrogen (secondary N) is 1. The molecule has 0 bridgehead atoms. The first-order valence-corrected chi connectivity index (χ1v) is 10.8. The van der Waals surface area contributed by atoms with Gasteiger partial charge in [0.05, 0.1) is 0 Å². The third-order valence-corrected chi connectivity index (χ3v) is 6.22. The molecule has 2 N–H and O–H groups in total. The summed E-state index contributed by atoms with van der Waals surface area (Å²) in [6, 6.07) is 21.9. The van der Waals surface area contributed by atoms with Gasteiger partial charge in [0.2, 0.25) is 0 Å². The predicted octanol–water partition coefficient (Wildman–Crippen LogP) is 5.26. The first-order chi connectivity index (χ1) is 15.5. The Kier molecular flexibility index (Phi) is 6.81. The van der Waals surface area contributed by atoms with Crippen molar-refractivity contribution in [1.29, 1.82) is 0 Å². The minimum atomic E-state index is -0.970. The summed E-state index contributed by atoms with van der Waals surface area (Å²) < 4.78 is 27.3. The minimum absolute atomic E-state index is 0.112. The molecule has 4 nitrogen and oxygen atoms in total. The molecular formula is C26H26F2N2O2. The maximum absolute atomic E-state index is 13.7. The van der Waals surface area contributed by atoms with E-state index in [-0.39, 0.29) is 36.1 Å². The van der Waals surface area contributed by atoms with Crippen LogP contribution in [0, 0.1) is 17.6 Å². The zero-order valence-corrected chi connectivity index (χ0v) is 17.6. The predicted molar refractivity (Wildman–Crippen MR) is 119 cm³/mol. The maximum atomic E-state index is 13.7. The van der Waals surface area contributed by atoms with E-state index in [1.54, 1.807) is 24.3 Å². The number of hydrogen-bond acceptors (Lipinski definition) is 2. The molecule has 0 saturated carbocycles. The van der Waals surface area contributed by atoms with Gasteiger partial charge in [-0.05, 0) is 53.9 Å². The molecule has 6 heteroatoms. The van der Waals surface area contributed by atoms with Gasteiger partial charge in [-0.25, -0.2) is 13.6 Å². The van der Waals surface area contributed by atoms with Crippen LogP contribution in [0.5, 0.6) is 0 Å². The Balaban J connectivity index is 1.74. The molecule has 0 spiro atoms. The summed E-state index contributed by atoms with van der Waals surface area (Å²) in [7, 11) is 0. The number of benzene rings is 3. The monoisotopic (exact) mass is 436 g/mol. The van der Waals surface area contributed by atoms with Crippen LogP contribution in [-0.2, 0) is 6.54 Å². The third kappa shape index (κ3) is 4.97. The quantitative estimate of drug-likeness (QED) is 0.555. The zero-order valence-electron chi connectivity index (χ0n) is 17.6. The molecule has 3 aromatic carbocycles. The van der Waals surface area contributed by atoms with Crippen LogP contribution in [0.3, 0.4) is 0 Å². The molecule has 1 aliphatic rings. The lowest BCUT2D eigenvalue weighted by Gasteiger charge is -2.43. The second-order valence-corrected chi connectivity index (χ2v) is 8.20. The van der Waals surface area contributed by atoms with Gasteiger partial charge in [0.25, 0.3) is 0 Å². The summed E-state index contributed by atoms with van der Waals surface area (Å²) in [5, 5.41) is 13.5. The Bertz CT molecular complexity index is 980. The lowest BCUT2D eigenvalue weighted by molar-refractivity contribution is 0.0809. The van der Waals surface area contributed by atoms with Crippen LogP contribution in [0.25, 0.3) is 0 Å². The third-order valence-electron chi connectivity index (χ3n) is 6.22. The molecule has 1 heterocycles. The second-order valence-electron chi connectivity index (χ2n) is 8.20. The Hall–Kier alpha value is -3.25. The van der Waals surface area contributed by atoms with Crippen molar-refractivity contribution in [2.45, 2.75) is 24.9 Å². The Morgan fingerprint density at radius 1 is 0.938 bits per heavy atom. The van der Waals surface area contributed by atoms with E-state index in [2.05, 4.69) is 5.32 Å². The summed E-state index contributed by atoms with van der Waals surface area (Å²) in [5.41, 5.74) is 2.68. The van der Waals surface area contributed by atoms with Crippen molar-refractivity contribution in [2.24, 2.45) is 5.92 Å². The number of piperidine rings is 1. The number of amides is 1. The van der Waals surface area contributed by atoms with E-state index in [9.17, 15) is 18.7 Å². The van der Waals surface area contributed by atoms with Crippen LogP contribution < -0.4 is 5.32 Å². The molecule has 166 valence electrons. The van der Waals surface area contributed by atoms with Crippen molar-refractivity contribution in [2.75, 3.05) is 13.1 Å². The largest absolute Gasteiger partial charge is 0.465 e. The topological polar surface area (TPSA) is 52.6 Å². The highest BCUT2D eigenvalue weighted by atomic mass is 19.1. The smallest absolute Gasteiger partial charge is 0.407 e. The van der Waals surface area contributed by atoms with E-state index in [4.69, 9.17) is 0 Å². The Morgan fingerprint density at radius 2 is 1.50 bits per heavy atom. The summed E-state index contributed by atoms with van der Waals surface area (Å²) in [4.78, 5) is 13.9. The summed E-state index contributed by atoms with van der Waals surface area (Å²) in [6.07, 6.45) is -0.314. The second kappa shape index (κ2) is 9.92. The van der Waals surface area contributed by atoms with Crippen molar-refractivity contribution in [3.63, 3.8) is 0 Å². The highest BCUT2D eigenvalue weighted by Crippen LogP contribution is 2.38. The van der Waals surface area contributed by atoms with E-state index in [1.165, 1.54) is 29.2 Å². The first kappa shape index (κ1) is 22.0. The molecule has 0 aromatic heterocycles. The fraction of sp³-hybridized carbons (Fsp3) is 0.269. The van der Waals surface area contributed by atoms with Crippen LogP contribution in [0.1, 0.15) is 29.0 Å². The number of nitrogens with zero attached hydrogens (tertiary/aromatic N) is 1. The normalized spacial score (nSPS) is 18.5. The van der Waals surface area contributed by atoms with Crippen molar-refractivity contribution in [1.82, 2.24) is 10.2 Å². The molecule has 0 radical (unpaired) electrons. The van der Waals surface area contributed by atoms with E-state index in [0.717, 1.165) is 16.7 Å². The van der Waals surface area contributed by atoms with Gasteiger partial charge in [-0.2, -0.15) is 0 Å². The number of carbonyl (C=O) groups is 1. The van der Waals surface area contributed by atoms with Gasteiger partial charge in [-0.3, -0.25) is 0 Å². The van der Waals surface area contributed by atoms with E-state index in [0.29, 0.717) is 19.5 Å². The molecule has 1 fully saturated rings. The van der Waals surface area contributed by atoms with Crippen LogP contribution in [0.4, 0.5) is 13.6 Å². The van der Waals surface area contributed by atoms with E-state index in [1.807, 2.05) is 30.3 Å². The molecule has 4 rings (SSSR count). The SMILES string of the molecule is O=C(O)N(Cc1ccccc1)[C@H]1CCNC[C@H]1C(c1ccc(F)cc1)c1ccc(F)cc1. The molecule has 1 aliphatic heterocycles. The van der Waals surface area contributed by atoms with Gasteiger partial charge < -0.3 is 15.3 Å². The molecule has 1 amide bonds. The molecule has 1 saturated heterocycles. The van der Waals surface area contributed by atoms with Gasteiger partial charge in [0.1, 0.15) is 11.6 Å². The zero-order chi connectivity index (χ0) is 22.5. The highest BCUT2D eigenvalue weighted by molar-refractivity contribution is 5.65. The molecule has 2 atom stereocenters. The van der Waals surface area contributed by atoms with Crippen LogP contribution >= 0.6 is 0 Å². The fourth-order valence-electron chi connectivity index (χ4n) is 4.73. The fourth-order valence-corrected chi connectivity index (χ4v) is 4.73. The van der Waals surface area contributed by atoms with Crippen molar-refractivity contribution < 1.29 is 18.7 Å². The van der Waals surface area contributed by atoms with Crippen molar-refractivity contribution in [3.8, 4) is 0 Å². The van der Waals surface area contributed by atoms with E-state index >= 15 is 0 Å². The summed E-state index contributed by atoms with van der Waals surface area (Å²) in [6.45, 7) is 1.60. The summed E-state index contributed by atoms with van der Waals surface area (Å²) >= 11 is 0. The van der Waals surface area contributed by atoms with Gasteiger partial charge in [0, 0.05) is 31.0 Å².